The second-order valence-corrected chi connectivity index (χ2v) is 8.24. The molecule has 0 amide bonds. The van der Waals surface area contributed by atoms with Gasteiger partial charge in [-0.25, -0.2) is 8.42 Å². The van der Waals surface area contributed by atoms with Gasteiger partial charge in [0.2, 0.25) is 10.0 Å². The van der Waals surface area contributed by atoms with E-state index >= 15 is 0 Å². The third-order valence-electron chi connectivity index (χ3n) is 4.21. The Hall–Kier alpha value is -1.93. The van der Waals surface area contributed by atoms with Crippen LogP contribution in [0.3, 0.4) is 0 Å². The Balaban J connectivity index is 2.37. The molecular formula is C21H29NO5S. The zero-order valence-electron chi connectivity index (χ0n) is 16.9. The molecule has 0 bridgehead atoms. The quantitative estimate of drug-likeness (QED) is 0.533. The minimum Gasteiger partial charge on any atom is -0.497 e. The van der Waals surface area contributed by atoms with Crippen LogP contribution in [0.1, 0.15) is 25.0 Å². The summed E-state index contributed by atoms with van der Waals surface area (Å²) in [4.78, 5) is 0.243. The summed E-state index contributed by atoms with van der Waals surface area (Å²) in [5.74, 6) is 0.677. The van der Waals surface area contributed by atoms with Crippen LogP contribution in [0.4, 0.5) is 0 Å². The Labute approximate surface area is 168 Å². The number of methoxy groups -OCH3 is 1. The molecule has 0 unspecified atom stereocenters. The van der Waals surface area contributed by atoms with Crippen LogP contribution in [0.2, 0.25) is 0 Å². The van der Waals surface area contributed by atoms with Gasteiger partial charge in [-0.2, -0.15) is 4.31 Å². The monoisotopic (exact) mass is 407 g/mol. The maximum atomic E-state index is 13.3. The van der Waals surface area contributed by atoms with Gasteiger partial charge in [-0.05, 0) is 50.6 Å². The molecule has 0 saturated heterocycles. The van der Waals surface area contributed by atoms with Crippen molar-refractivity contribution in [2.24, 2.45) is 0 Å². The molecule has 154 valence electrons. The van der Waals surface area contributed by atoms with Crippen LogP contribution in [-0.4, -0.2) is 45.9 Å². The molecule has 0 atom stereocenters. The molecule has 28 heavy (non-hydrogen) atoms. The molecule has 0 aliphatic heterocycles. The van der Waals surface area contributed by atoms with Crippen LogP contribution in [0.25, 0.3) is 0 Å². The Kier molecular flexibility index (Phi) is 8.44. The first-order valence-electron chi connectivity index (χ1n) is 9.33. The average Bonchev–Trinajstić information content (AvgIpc) is 2.68. The van der Waals surface area contributed by atoms with Crippen molar-refractivity contribution in [2.45, 2.75) is 38.5 Å². The fraction of sp³-hybridized carbons (Fsp3) is 0.429. The topological polar surface area (TPSA) is 65.1 Å². The number of sulfonamides is 1. The molecule has 0 N–H and O–H groups in total. The number of hydrogen-bond acceptors (Lipinski definition) is 5. The third kappa shape index (κ3) is 6.04. The van der Waals surface area contributed by atoms with Crippen molar-refractivity contribution in [3.05, 3.63) is 59.7 Å². The van der Waals surface area contributed by atoms with Crippen molar-refractivity contribution < 1.29 is 22.6 Å². The molecule has 7 heteroatoms. The third-order valence-corrected chi connectivity index (χ3v) is 6.04. The minimum atomic E-state index is -3.73. The SMILES string of the molecule is CCOC(CN(Cc1cccc(OC)c1)S(=O)(=O)c1ccc(C)cc1)OCC. The van der Waals surface area contributed by atoms with Crippen LogP contribution < -0.4 is 4.74 Å². The maximum Gasteiger partial charge on any atom is 0.243 e. The molecule has 0 radical (unpaired) electrons. The Bertz CT molecular complexity index is 830. The first kappa shape index (κ1) is 22.4. The molecule has 0 heterocycles. The van der Waals surface area contributed by atoms with Gasteiger partial charge in [0.1, 0.15) is 5.75 Å². The fourth-order valence-corrected chi connectivity index (χ4v) is 4.19. The predicted molar refractivity (Wildman–Crippen MR) is 109 cm³/mol. The van der Waals surface area contributed by atoms with Crippen LogP contribution in [0.15, 0.2) is 53.4 Å². The van der Waals surface area contributed by atoms with E-state index < -0.39 is 16.3 Å². The molecular weight excluding hydrogens is 378 g/mol. The van der Waals surface area contributed by atoms with E-state index in [9.17, 15) is 8.42 Å². The second kappa shape index (κ2) is 10.6. The van der Waals surface area contributed by atoms with Gasteiger partial charge in [0, 0.05) is 19.8 Å². The second-order valence-electron chi connectivity index (χ2n) is 6.30. The van der Waals surface area contributed by atoms with E-state index in [-0.39, 0.29) is 18.0 Å². The summed E-state index contributed by atoms with van der Waals surface area (Å²) >= 11 is 0. The number of hydrogen-bond donors (Lipinski definition) is 0. The van der Waals surface area contributed by atoms with Crippen molar-refractivity contribution in [1.29, 1.82) is 0 Å². The maximum absolute atomic E-state index is 13.3. The van der Waals surface area contributed by atoms with Crippen molar-refractivity contribution in [3.8, 4) is 5.75 Å². The van der Waals surface area contributed by atoms with Crippen molar-refractivity contribution in [1.82, 2.24) is 4.31 Å². The highest BCUT2D eigenvalue weighted by Gasteiger charge is 2.28. The van der Waals surface area contributed by atoms with Crippen molar-refractivity contribution in [2.75, 3.05) is 26.9 Å². The summed E-state index contributed by atoms with van der Waals surface area (Å²) in [5, 5.41) is 0. The summed E-state index contributed by atoms with van der Waals surface area (Å²) in [6.07, 6.45) is -0.638. The average molecular weight is 408 g/mol. The highest BCUT2D eigenvalue weighted by molar-refractivity contribution is 7.89. The van der Waals surface area contributed by atoms with E-state index in [4.69, 9.17) is 14.2 Å². The zero-order valence-corrected chi connectivity index (χ0v) is 17.7. The van der Waals surface area contributed by atoms with Gasteiger partial charge >= 0.3 is 0 Å². The standard InChI is InChI=1S/C21H29NO5S/c1-5-26-21(27-6-2)16-22(15-18-8-7-9-19(14-18)25-4)28(23,24)20-12-10-17(3)11-13-20/h7-14,21H,5-6,15-16H2,1-4H3. The molecule has 2 aromatic rings. The lowest BCUT2D eigenvalue weighted by molar-refractivity contribution is -0.140. The van der Waals surface area contributed by atoms with E-state index in [1.54, 1.807) is 31.4 Å². The lowest BCUT2D eigenvalue weighted by atomic mass is 10.2. The molecule has 6 nitrogen and oxygen atoms in total. The van der Waals surface area contributed by atoms with E-state index in [0.717, 1.165) is 11.1 Å². The van der Waals surface area contributed by atoms with Crippen molar-refractivity contribution >= 4 is 10.0 Å². The molecule has 0 aliphatic rings. The Morgan fingerprint density at radius 3 is 2.21 bits per heavy atom. The molecule has 2 rings (SSSR count). The molecule has 0 fully saturated rings. The van der Waals surface area contributed by atoms with Crippen LogP contribution >= 0.6 is 0 Å². The highest BCUT2D eigenvalue weighted by atomic mass is 32.2. The molecule has 0 aromatic heterocycles. The Morgan fingerprint density at radius 2 is 1.64 bits per heavy atom. The fourth-order valence-electron chi connectivity index (χ4n) is 2.77. The number of benzene rings is 2. The van der Waals surface area contributed by atoms with E-state index in [1.165, 1.54) is 4.31 Å². The summed E-state index contributed by atoms with van der Waals surface area (Å²) in [5.41, 5.74) is 1.82. The van der Waals surface area contributed by atoms with Gasteiger partial charge in [-0.1, -0.05) is 29.8 Å². The largest absolute Gasteiger partial charge is 0.497 e. The van der Waals surface area contributed by atoms with Crippen molar-refractivity contribution in [3.63, 3.8) is 0 Å². The smallest absolute Gasteiger partial charge is 0.243 e. The van der Waals surface area contributed by atoms with Gasteiger partial charge in [0.15, 0.2) is 6.29 Å². The predicted octanol–water partition coefficient (Wildman–Crippen LogP) is 3.59. The van der Waals surface area contributed by atoms with Gasteiger partial charge in [-0.3, -0.25) is 0 Å². The van der Waals surface area contributed by atoms with Crippen LogP contribution in [0, 0.1) is 6.92 Å². The lowest BCUT2D eigenvalue weighted by Crippen LogP contribution is -2.39. The number of aryl methyl sites for hydroxylation is 1. The number of rotatable bonds is 11. The first-order valence-corrected chi connectivity index (χ1v) is 10.8. The number of ether oxygens (including phenoxy) is 3. The van der Waals surface area contributed by atoms with Crippen LogP contribution in [-0.2, 0) is 26.0 Å². The van der Waals surface area contributed by atoms with Gasteiger partial charge in [-0.15, -0.1) is 0 Å². The summed E-state index contributed by atoms with van der Waals surface area (Å²) in [6.45, 7) is 6.77. The summed E-state index contributed by atoms with van der Waals surface area (Å²) in [7, 11) is -2.15. The Morgan fingerprint density at radius 1 is 1.00 bits per heavy atom. The molecule has 0 aliphatic carbocycles. The molecule has 0 spiro atoms. The van der Waals surface area contributed by atoms with Gasteiger partial charge in [0.25, 0.3) is 0 Å². The van der Waals surface area contributed by atoms with Crippen LogP contribution in [0.5, 0.6) is 5.75 Å². The molecule has 0 saturated carbocycles. The highest BCUT2D eigenvalue weighted by Crippen LogP contribution is 2.22. The minimum absolute atomic E-state index is 0.0924. The molecule has 2 aromatic carbocycles. The van der Waals surface area contributed by atoms with Gasteiger partial charge in [0.05, 0.1) is 18.6 Å². The summed E-state index contributed by atoms with van der Waals surface area (Å²) < 4.78 is 44.5. The normalized spacial score (nSPS) is 11.9. The zero-order chi connectivity index (χ0) is 20.6. The van der Waals surface area contributed by atoms with E-state index in [0.29, 0.717) is 19.0 Å². The van der Waals surface area contributed by atoms with Gasteiger partial charge < -0.3 is 14.2 Å². The lowest BCUT2D eigenvalue weighted by Gasteiger charge is -2.27. The van der Waals surface area contributed by atoms with E-state index in [1.807, 2.05) is 45.0 Å². The van der Waals surface area contributed by atoms with E-state index in [2.05, 4.69) is 0 Å². The first-order chi connectivity index (χ1) is 13.4. The summed E-state index contributed by atoms with van der Waals surface area (Å²) in [6, 6.07) is 14.2. The number of nitrogens with zero attached hydrogens (tertiary/aromatic N) is 1.